The lowest BCUT2D eigenvalue weighted by Gasteiger charge is -2.17. The van der Waals surface area contributed by atoms with Gasteiger partial charge in [0, 0.05) is 30.8 Å². The molecule has 37 heavy (non-hydrogen) atoms. The van der Waals surface area contributed by atoms with Crippen molar-refractivity contribution in [1.82, 2.24) is 15.0 Å². The summed E-state index contributed by atoms with van der Waals surface area (Å²) in [5, 5.41) is 8.93. The lowest BCUT2D eigenvalue weighted by atomic mass is 10.0. The van der Waals surface area contributed by atoms with Crippen LogP contribution < -0.4 is 4.90 Å². The van der Waals surface area contributed by atoms with Crippen LogP contribution in [-0.4, -0.2) is 39.0 Å². The predicted octanol–water partition coefficient (Wildman–Crippen LogP) is 5.78. The fraction of sp³-hybridized carbons (Fsp3) is 0.222. The zero-order valence-corrected chi connectivity index (χ0v) is 19.9. The Hall–Kier alpha value is -4.34. The molecule has 7 nitrogen and oxygen atoms in total. The molecule has 4 aromatic rings. The van der Waals surface area contributed by atoms with Gasteiger partial charge >= 0.3 is 12.1 Å². The van der Waals surface area contributed by atoms with Gasteiger partial charge in [-0.25, -0.2) is 9.97 Å². The van der Waals surface area contributed by atoms with E-state index >= 15 is 0 Å². The monoisotopic (exact) mass is 508 g/mol. The number of aliphatic carboxylic acids is 1. The molecular weight excluding hydrogens is 485 g/mol. The zero-order valence-electron chi connectivity index (χ0n) is 19.9. The van der Waals surface area contributed by atoms with Crippen LogP contribution in [0.25, 0.3) is 22.3 Å². The number of rotatable bonds is 8. The molecule has 0 aliphatic heterocycles. The van der Waals surface area contributed by atoms with Gasteiger partial charge in [0.15, 0.2) is 0 Å². The first-order chi connectivity index (χ1) is 17.6. The van der Waals surface area contributed by atoms with Crippen LogP contribution in [0, 0.1) is 0 Å². The molecule has 0 radical (unpaired) electrons. The van der Waals surface area contributed by atoms with Crippen LogP contribution in [0.4, 0.5) is 18.9 Å². The lowest BCUT2D eigenvalue weighted by molar-refractivity contribution is -0.138. The number of carboxylic acids is 1. The number of carbonyl (C=O) groups excluding carboxylic acids is 1. The molecule has 1 N–H and O–H groups in total. The first-order valence-corrected chi connectivity index (χ1v) is 11.5. The molecule has 0 aliphatic rings. The number of anilines is 1. The minimum absolute atomic E-state index is 0.00402. The molecule has 0 spiro atoms. The van der Waals surface area contributed by atoms with Crippen molar-refractivity contribution in [2.45, 2.75) is 31.9 Å². The summed E-state index contributed by atoms with van der Waals surface area (Å²) < 4.78 is 39.1. The molecule has 0 aliphatic carbocycles. The van der Waals surface area contributed by atoms with Crippen LogP contribution in [0.15, 0.2) is 67.0 Å². The Bertz CT molecular complexity index is 1430. The molecule has 2 aromatic carbocycles. The summed E-state index contributed by atoms with van der Waals surface area (Å²) in [5.41, 5.74) is 2.56. The molecule has 0 unspecified atom stereocenters. The van der Waals surface area contributed by atoms with Gasteiger partial charge in [-0.2, -0.15) is 13.2 Å². The highest BCUT2D eigenvalue weighted by molar-refractivity contribution is 6.07. The third-order valence-electron chi connectivity index (χ3n) is 5.86. The average Bonchev–Trinajstić information content (AvgIpc) is 2.89. The van der Waals surface area contributed by atoms with E-state index in [9.17, 15) is 22.8 Å². The number of aryl methyl sites for hydroxylation is 1. The summed E-state index contributed by atoms with van der Waals surface area (Å²) in [6, 6.07) is 13.1. The van der Waals surface area contributed by atoms with Crippen LogP contribution in [0.3, 0.4) is 0 Å². The first kappa shape index (κ1) is 25.7. The van der Waals surface area contributed by atoms with E-state index < -0.39 is 17.7 Å². The number of pyridine rings is 1. The SMILES string of the molecule is CN(C(=O)c1ccc2nc(-c3ccc(C(F)(F)F)cc3)c(CCCCC(=O)O)nc2c1)c1cccnc1. The average molecular weight is 509 g/mol. The third kappa shape index (κ3) is 6.08. The van der Waals surface area contributed by atoms with Gasteiger partial charge < -0.3 is 10.0 Å². The molecule has 10 heteroatoms. The van der Waals surface area contributed by atoms with Crippen molar-refractivity contribution in [3.05, 3.63) is 83.8 Å². The summed E-state index contributed by atoms with van der Waals surface area (Å²) in [7, 11) is 1.64. The quantitative estimate of drug-likeness (QED) is 0.303. The number of fused-ring (bicyclic) bond motifs is 1. The maximum absolute atomic E-state index is 13.1. The molecule has 0 saturated carbocycles. The van der Waals surface area contributed by atoms with Gasteiger partial charge in [0.05, 0.1) is 39.9 Å². The Kier molecular flexibility index (Phi) is 7.47. The number of halogens is 3. The Morgan fingerprint density at radius 1 is 0.973 bits per heavy atom. The lowest BCUT2D eigenvalue weighted by Crippen LogP contribution is -2.26. The van der Waals surface area contributed by atoms with Crippen molar-refractivity contribution >= 4 is 28.6 Å². The van der Waals surface area contributed by atoms with E-state index in [1.165, 1.54) is 17.0 Å². The van der Waals surface area contributed by atoms with Crippen LogP contribution in [-0.2, 0) is 17.4 Å². The van der Waals surface area contributed by atoms with E-state index in [0.717, 1.165) is 12.1 Å². The first-order valence-electron chi connectivity index (χ1n) is 11.5. The molecular formula is C27H23F3N4O3. The van der Waals surface area contributed by atoms with Crippen molar-refractivity contribution in [1.29, 1.82) is 0 Å². The number of hydrogen-bond donors (Lipinski definition) is 1. The number of nitrogens with zero attached hydrogens (tertiary/aromatic N) is 4. The van der Waals surface area contributed by atoms with Gasteiger partial charge in [-0.15, -0.1) is 0 Å². The van der Waals surface area contributed by atoms with E-state index in [4.69, 9.17) is 10.1 Å². The van der Waals surface area contributed by atoms with Gasteiger partial charge in [0.1, 0.15) is 0 Å². The van der Waals surface area contributed by atoms with E-state index in [-0.39, 0.29) is 12.3 Å². The molecule has 0 fully saturated rings. The van der Waals surface area contributed by atoms with Crippen LogP contribution >= 0.6 is 0 Å². The van der Waals surface area contributed by atoms with E-state index in [2.05, 4.69) is 9.97 Å². The fourth-order valence-electron chi connectivity index (χ4n) is 3.88. The van der Waals surface area contributed by atoms with Gasteiger partial charge in [-0.3, -0.25) is 14.6 Å². The van der Waals surface area contributed by atoms with Crippen molar-refractivity contribution in [3.8, 4) is 11.3 Å². The van der Waals surface area contributed by atoms with Crippen molar-refractivity contribution in [2.75, 3.05) is 11.9 Å². The van der Waals surface area contributed by atoms with E-state index in [0.29, 0.717) is 58.5 Å². The predicted molar refractivity (Wildman–Crippen MR) is 132 cm³/mol. The number of unbranched alkanes of at least 4 members (excludes halogenated alkanes) is 1. The normalized spacial score (nSPS) is 11.5. The third-order valence-corrected chi connectivity index (χ3v) is 5.86. The minimum Gasteiger partial charge on any atom is -0.481 e. The summed E-state index contributed by atoms with van der Waals surface area (Å²) in [4.78, 5) is 38.8. The van der Waals surface area contributed by atoms with Crippen molar-refractivity contribution in [3.63, 3.8) is 0 Å². The molecule has 190 valence electrons. The largest absolute Gasteiger partial charge is 0.481 e. The molecule has 0 bridgehead atoms. The van der Waals surface area contributed by atoms with Gasteiger partial charge in [-0.05, 0) is 61.7 Å². The minimum atomic E-state index is -4.46. The van der Waals surface area contributed by atoms with Crippen LogP contribution in [0.1, 0.15) is 40.9 Å². The highest BCUT2D eigenvalue weighted by Gasteiger charge is 2.30. The van der Waals surface area contributed by atoms with Crippen LogP contribution in [0.5, 0.6) is 0 Å². The Labute approximate surface area is 210 Å². The molecule has 0 atom stereocenters. The topological polar surface area (TPSA) is 96.3 Å². The maximum Gasteiger partial charge on any atom is 0.416 e. The standard InChI is InChI=1S/C27H23F3N4O3/c1-34(20-5-4-14-31-16-20)26(37)18-10-13-21-23(15-18)32-22(6-2-3-7-24(35)36)25(33-21)17-8-11-19(12-9-17)27(28,29)30/h4-5,8-16H,2-3,6-7H2,1H3,(H,35,36). The van der Waals surface area contributed by atoms with Crippen molar-refractivity contribution in [2.24, 2.45) is 0 Å². The second-order valence-corrected chi connectivity index (χ2v) is 8.47. The molecule has 2 heterocycles. The number of amides is 1. The summed E-state index contributed by atoms with van der Waals surface area (Å²) >= 11 is 0. The van der Waals surface area contributed by atoms with E-state index in [1.54, 1.807) is 49.8 Å². The highest BCUT2D eigenvalue weighted by Crippen LogP contribution is 2.32. The number of hydrogen-bond acceptors (Lipinski definition) is 5. The second kappa shape index (κ2) is 10.7. The molecule has 1 amide bonds. The Balaban J connectivity index is 1.71. The maximum atomic E-state index is 13.1. The zero-order chi connectivity index (χ0) is 26.6. The van der Waals surface area contributed by atoms with E-state index in [1.807, 2.05) is 0 Å². The summed E-state index contributed by atoms with van der Waals surface area (Å²) in [6.45, 7) is 0. The van der Waals surface area contributed by atoms with Crippen molar-refractivity contribution < 1.29 is 27.9 Å². The van der Waals surface area contributed by atoms with Crippen LogP contribution in [0.2, 0.25) is 0 Å². The number of carbonyl (C=O) groups is 2. The second-order valence-electron chi connectivity index (χ2n) is 8.47. The Morgan fingerprint density at radius 2 is 1.73 bits per heavy atom. The fourth-order valence-corrected chi connectivity index (χ4v) is 3.88. The summed E-state index contributed by atoms with van der Waals surface area (Å²) in [6.07, 6.45) is 0.0118. The molecule has 0 saturated heterocycles. The smallest absolute Gasteiger partial charge is 0.416 e. The number of alkyl halides is 3. The molecule has 4 rings (SSSR count). The molecule has 2 aromatic heterocycles. The summed E-state index contributed by atoms with van der Waals surface area (Å²) in [5.74, 6) is -1.18. The van der Waals surface area contributed by atoms with Gasteiger partial charge in [0.2, 0.25) is 0 Å². The number of benzene rings is 2. The highest BCUT2D eigenvalue weighted by atomic mass is 19.4. The van der Waals surface area contributed by atoms with Gasteiger partial charge in [0.25, 0.3) is 5.91 Å². The number of aromatic nitrogens is 3. The van der Waals surface area contributed by atoms with Gasteiger partial charge in [-0.1, -0.05) is 12.1 Å². The number of carboxylic acid groups (broad SMARTS) is 1. The Morgan fingerprint density at radius 3 is 2.38 bits per heavy atom.